The predicted molar refractivity (Wildman–Crippen MR) is 105 cm³/mol. The molecular formula is C21H21N3O3. The van der Waals surface area contributed by atoms with Crippen LogP contribution in [0.25, 0.3) is 6.08 Å². The highest BCUT2D eigenvalue weighted by atomic mass is 16.5. The zero-order valence-corrected chi connectivity index (χ0v) is 15.3. The predicted octanol–water partition coefficient (Wildman–Crippen LogP) is 3.60. The Morgan fingerprint density at radius 2 is 1.93 bits per heavy atom. The highest BCUT2D eigenvalue weighted by Crippen LogP contribution is 2.25. The lowest BCUT2D eigenvalue weighted by molar-refractivity contribution is -0.111. The van der Waals surface area contributed by atoms with Crippen LogP contribution in [-0.2, 0) is 11.3 Å². The number of benzene rings is 2. The van der Waals surface area contributed by atoms with E-state index in [-0.39, 0.29) is 5.91 Å². The summed E-state index contributed by atoms with van der Waals surface area (Å²) < 4.78 is 12.3. The Morgan fingerprint density at radius 1 is 1.11 bits per heavy atom. The van der Waals surface area contributed by atoms with Crippen molar-refractivity contribution in [2.45, 2.75) is 6.54 Å². The molecule has 6 heteroatoms. The zero-order valence-electron chi connectivity index (χ0n) is 15.3. The van der Waals surface area contributed by atoms with Gasteiger partial charge in [-0.2, -0.15) is 5.10 Å². The molecule has 6 nitrogen and oxygen atoms in total. The zero-order chi connectivity index (χ0) is 19.1. The van der Waals surface area contributed by atoms with Gasteiger partial charge >= 0.3 is 0 Å². The Balaban J connectivity index is 1.68. The van der Waals surface area contributed by atoms with Gasteiger partial charge in [0, 0.05) is 23.8 Å². The van der Waals surface area contributed by atoms with Crippen molar-refractivity contribution in [2.24, 2.45) is 0 Å². The summed E-state index contributed by atoms with van der Waals surface area (Å²) >= 11 is 0. The fourth-order valence-electron chi connectivity index (χ4n) is 2.61. The first-order valence-corrected chi connectivity index (χ1v) is 8.46. The van der Waals surface area contributed by atoms with E-state index in [1.54, 1.807) is 43.3 Å². The second-order valence-corrected chi connectivity index (χ2v) is 5.79. The molecule has 27 heavy (non-hydrogen) atoms. The van der Waals surface area contributed by atoms with Gasteiger partial charge in [0.2, 0.25) is 5.91 Å². The van der Waals surface area contributed by atoms with Crippen LogP contribution in [-0.4, -0.2) is 29.9 Å². The maximum Gasteiger partial charge on any atom is 0.249 e. The molecule has 0 spiro atoms. The van der Waals surface area contributed by atoms with E-state index in [1.165, 1.54) is 6.08 Å². The summed E-state index contributed by atoms with van der Waals surface area (Å²) in [6, 6.07) is 17.1. The van der Waals surface area contributed by atoms with E-state index in [4.69, 9.17) is 9.47 Å². The summed E-state index contributed by atoms with van der Waals surface area (Å²) in [7, 11) is 3.17. The van der Waals surface area contributed by atoms with E-state index in [1.807, 2.05) is 42.5 Å². The molecule has 0 unspecified atom stereocenters. The van der Waals surface area contributed by atoms with Crippen LogP contribution in [0.15, 0.2) is 66.9 Å². The lowest BCUT2D eigenvalue weighted by atomic mass is 10.1. The minimum absolute atomic E-state index is 0.248. The number of methoxy groups -OCH3 is 2. The second-order valence-electron chi connectivity index (χ2n) is 5.79. The van der Waals surface area contributed by atoms with Gasteiger partial charge in [-0.15, -0.1) is 0 Å². The molecule has 1 amide bonds. The van der Waals surface area contributed by atoms with Gasteiger partial charge < -0.3 is 14.8 Å². The number of carbonyl (C=O) groups excluding carboxylic acids is 1. The summed E-state index contributed by atoms with van der Waals surface area (Å²) in [5, 5.41) is 7.12. The lowest BCUT2D eigenvalue weighted by Gasteiger charge is -2.08. The Morgan fingerprint density at radius 3 is 2.67 bits per heavy atom. The van der Waals surface area contributed by atoms with Crippen molar-refractivity contribution in [3.63, 3.8) is 0 Å². The van der Waals surface area contributed by atoms with Gasteiger partial charge in [0.15, 0.2) is 0 Å². The number of ether oxygens (including phenoxy) is 2. The van der Waals surface area contributed by atoms with E-state index in [9.17, 15) is 4.79 Å². The number of anilines is 1. The van der Waals surface area contributed by atoms with Crippen molar-refractivity contribution >= 4 is 17.8 Å². The number of amides is 1. The average Bonchev–Trinajstić information content (AvgIpc) is 3.13. The number of nitrogens with one attached hydrogen (secondary N) is 1. The molecule has 3 aromatic rings. The monoisotopic (exact) mass is 363 g/mol. The Kier molecular flexibility index (Phi) is 5.89. The van der Waals surface area contributed by atoms with E-state index < -0.39 is 0 Å². The topological polar surface area (TPSA) is 65.4 Å². The van der Waals surface area contributed by atoms with Crippen molar-refractivity contribution < 1.29 is 14.3 Å². The third-order valence-electron chi connectivity index (χ3n) is 4.00. The van der Waals surface area contributed by atoms with Gasteiger partial charge in [0.1, 0.15) is 17.3 Å². The summed E-state index contributed by atoms with van der Waals surface area (Å²) in [6.45, 7) is 0.583. The third kappa shape index (κ3) is 4.76. The highest BCUT2D eigenvalue weighted by Gasteiger charge is 2.07. The minimum Gasteiger partial charge on any atom is -0.497 e. The molecule has 1 N–H and O–H groups in total. The molecule has 0 aliphatic carbocycles. The SMILES string of the molecule is COc1ccc(/C=C/C(=O)Nc2ccnn2Cc2ccccc2)c(OC)c1. The Hall–Kier alpha value is -3.54. The molecule has 1 heterocycles. The van der Waals surface area contributed by atoms with Crippen LogP contribution >= 0.6 is 0 Å². The number of hydrogen-bond donors (Lipinski definition) is 1. The van der Waals surface area contributed by atoms with Crippen LogP contribution in [0.2, 0.25) is 0 Å². The normalized spacial score (nSPS) is 10.7. The second kappa shape index (κ2) is 8.71. The van der Waals surface area contributed by atoms with E-state index in [2.05, 4.69) is 10.4 Å². The molecule has 0 saturated heterocycles. The largest absolute Gasteiger partial charge is 0.497 e. The molecule has 1 aromatic heterocycles. The molecule has 0 bridgehead atoms. The van der Waals surface area contributed by atoms with Gasteiger partial charge in [0.05, 0.1) is 27.0 Å². The van der Waals surface area contributed by atoms with E-state index in [0.29, 0.717) is 23.9 Å². The molecule has 3 rings (SSSR count). The van der Waals surface area contributed by atoms with Gasteiger partial charge in [-0.1, -0.05) is 30.3 Å². The molecule has 2 aromatic carbocycles. The van der Waals surface area contributed by atoms with Crippen LogP contribution in [0, 0.1) is 0 Å². The molecule has 0 atom stereocenters. The fourth-order valence-corrected chi connectivity index (χ4v) is 2.61. The standard InChI is InChI=1S/C21H21N3O3/c1-26-18-10-8-17(19(14-18)27-2)9-11-21(25)23-20-12-13-22-24(20)15-16-6-4-3-5-7-16/h3-14H,15H2,1-2H3,(H,23,25)/b11-9+. The number of carbonyl (C=O) groups is 1. The molecular weight excluding hydrogens is 342 g/mol. The maximum atomic E-state index is 12.3. The van der Waals surface area contributed by atoms with Crippen LogP contribution in [0.4, 0.5) is 5.82 Å². The first-order chi connectivity index (χ1) is 13.2. The maximum absolute atomic E-state index is 12.3. The van der Waals surface area contributed by atoms with Gasteiger partial charge in [-0.3, -0.25) is 4.79 Å². The van der Waals surface area contributed by atoms with Gasteiger partial charge in [-0.05, 0) is 23.8 Å². The average molecular weight is 363 g/mol. The van der Waals surface area contributed by atoms with Crippen LogP contribution < -0.4 is 14.8 Å². The van der Waals surface area contributed by atoms with Crippen molar-refractivity contribution in [1.82, 2.24) is 9.78 Å². The van der Waals surface area contributed by atoms with Gasteiger partial charge in [-0.25, -0.2) is 4.68 Å². The first-order valence-electron chi connectivity index (χ1n) is 8.46. The minimum atomic E-state index is -0.248. The Bertz CT molecular complexity index is 933. The quantitative estimate of drug-likeness (QED) is 0.652. The van der Waals surface area contributed by atoms with Crippen molar-refractivity contribution in [2.75, 3.05) is 19.5 Å². The molecule has 0 fully saturated rings. The molecule has 138 valence electrons. The van der Waals surface area contributed by atoms with Crippen LogP contribution in [0.1, 0.15) is 11.1 Å². The fraction of sp³-hybridized carbons (Fsp3) is 0.143. The molecule has 0 saturated carbocycles. The van der Waals surface area contributed by atoms with E-state index in [0.717, 1.165) is 11.1 Å². The van der Waals surface area contributed by atoms with Crippen molar-refractivity contribution in [3.8, 4) is 11.5 Å². The number of hydrogen-bond acceptors (Lipinski definition) is 4. The summed E-state index contributed by atoms with van der Waals surface area (Å²) in [4.78, 5) is 12.3. The van der Waals surface area contributed by atoms with Crippen molar-refractivity contribution in [3.05, 3.63) is 78.0 Å². The lowest BCUT2D eigenvalue weighted by Crippen LogP contribution is -2.13. The molecule has 0 radical (unpaired) electrons. The number of aromatic nitrogens is 2. The summed E-state index contributed by atoms with van der Waals surface area (Å²) in [6.07, 6.45) is 4.82. The number of rotatable bonds is 7. The van der Waals surface area contributed by atoms with Gasteiger partial charge in [0.25, 0.3) is 0 Å². The van der Waals surface area contributed by atoms with Crippen LogP contribution in [0.3, 0.4) is 0 Å². The Labute approximate surface area is 158 Å². The third-order valence-corrected chi connectivity index (χ3v) is 4.00. The summed E-state index contributed by atoms with van der Waals surface area (Å²) in [5.74, 6) is 1.71. The molecule has 0 aliphatic heterocycles. The smallest absolute Gasteiger partial charge is 0.249 e. The van der Waals surface area contributed by atoms with Crippen molar-refractivity contribution in [1.29, 1.82) is 0 Å². The number of nitrogens with zero attached hydrogens (tertiary/aromatic N) is 2. The highest BCUT2D eigenvalue weighted by molar-refractivity contribution is 6.01. The summed E-state index contributed by atoms with van der Waals surface area (Å²) in [5.41, 5.74) is 1.89. The van der Waals surface area contributed by atoms with Crippen LogP contribution in [0.5, 0.6) is 11.5 Å². The van der Waals surface area contributed by atoms with E-state index >= 15 is 0 Å². The first kappa shape index (κ1) is 18.3. The molecule has 0 aliphatic rings.